The number of hydrogen-bond donors (Lipinski definition) is 2. The van der Waals surface area contributed by atoms with Gasteiger partial charge in [0.1, 0.15) is 0 Å². The highest BCUT2D eigenvalue weighted by Crippen LogP contribution is 2.35. The number of amides is 2. The van der Waals surface area contributed by atoms with E-state index in [2.05, 4.69) is 10.7 Å². The molecule has 0 aromatic carbocycles. The summed E-state index contributed by atoms with van der Waals surface area (Å²) in [6.45, 7) is 5.48. The van der Waals surface area contributed by atoms with Crippen LogP contribution in [-0.2, 0) is 11.3 Å². The fourth-order valence-corrected chi connectivity index (χ4v) is 3.56. The summed E-state index contributed by atoms with van der Waals surface area (Å²) >= 11 is 1.63. The van der Waals surface area contributed by atoms with Crippen LogP contribution in [0.4, 0.5) is 4.79 Å². The number of hydrogen-bond acceptors (Lipinski definition) is 3. The normalized spacial score (nSPS) is 17.5. The van der Waals surface area contributed by atoms with Crippen LogP contribution < -0.4 is 5.32 Å². The van der Waals surface area contributed by atoms with Gasteiger partial charge in [-0.05, 0) is 48.1 Å². The van der Waals surface area contributed by atoms with Crippen molar-refractivity contribution in [2.24, 2.45) is 5.41 Å². The molecule has 0 atom stereocenters. The lowest BCUT2D eigenvalue weighted by Crippen LogP contribution is -2.49. The van der Waals surface area contributed by atoms with Crippen molar-refractivity contribution in [1.29, 1.82) is 0 Å². The van der Waals surface area contributed by atoms with E-state index in [0.717, 1.165) is 5.56 Å². The summed E-state index contributed by atoms with van der Waals surface area (Å²) < 4.78 is 0. The number of aryl methyl sites for hydroxylation is 1. The number of urea groups is 1. The standard InChI is InChI=1S/C15H22N2O3S/c1-3-15(13(18)19)4-6-17(7-5-15)14(20)16-8-12-10-21-9-11(12)2/h9-10H,3-8H2,1-2H3,(H,16,20)(H,18,19). The minimum atomic E-state index is -0.737. The first-order valence-corrected chi connectivity index (χ1v) is 8.20. The molecule has 0 bridgehead atoms. The van der Waals surface area contributed by atoms with E-state index in [1.807, 2.05) is 19.2 Å². The first-order chi connectivity index (χ1) is 9.98. The number of nitrogens with zero attached hydrogens (tertiary/aromatic N) is 1. The zero-order valence-corrected chi connectivity index (χ0v) is 13.3. The maximum Gasteiger partial charge on any atom is 0.317 e. The highest BCUT2D eigenvalue weighted by molar-refractivity contribution is 7.08. The molecule has 0 radical (unpaired) electrons. The van der Waals surface area contributed by atoms with Crippen LogP contribution in [0, 0.1) is 12.3 Å². The van der Waals surface area contributed by atoms with Crippen LogP contribution in [0.2, 0.25) is 0 Å². The van der Waals surface area contributed by atoms with Crippen LogP contribution in [0.15, 0.2) is 10.8 Å². The lowest BCUT2D eigenvalue weighted by molar-refractivity contribution is -0.151. The molecule has 0 spiro atoms. The van der Waals surface area contributed by atoms with Crippen LogP contribution in [-0.4, -0.2) is 35.1 Å². The first kappa shape index (κ1) is 15.8. The van der Waals surface area contributed by atoms with Gasteiger partial charge in [0, 0.05) is 19.6 Å². The third-order valence-electron chi connectivity index (χ3n) is 4.53. The first-order valence-electron chi connectivity index (χ1n) is 7.26. The van der Waals surface area contributed by atoms with Gasteiger partial charge in [0.2, 0.25) is 0 Å². The zero-order chi connectivity index (χ0) is 15.5. The number of piperidine rings is 1. The van der Waals surface area contributed by atoms with E-state index in [0.29, 0.717) is 38.9 Å². The molecule has 0 aliphatic carbocycles. The van der Waals surface area contributed by atoms with Gasteiger partial charge in [-0.15, -0.1) is 0 Å². The third-order valence-corrected chi connectivity index (χ3v) is 5.44. The second kappa shape index (κ2) is 6.47. The number of carboxylic acid groups (broad SMARTS) is 1. The average Bonchev–Trinajstić information content (AvgIpc) is 2.90. The van der Waals surface area contributed by atoms with E-state index < -0.39 is 11.4 Å². The summed E-state index contributed by atoms with van der Waals surface area (Å²) in [6, 6.07) is -0.101. The maximum absolute atomic E-state index is 12.1. The predicted octanol–water partition coefficient (Wildman–Crippen LogP) is 2.84. The Kier molecular flexibility index (Phi) is 4.88. The molecule has 2 amide bonds. The van der Waals surface area contributed by atoms with Crippen LogP contribution >= 0.6 is 11.3 Å². The van der Waals surface area contributed by atoms with Crippen LogP contribution in [0.25, 0.3) is 0 Å². The quantitative estimate of drug-likeness (QED) is 0.898. The number of likely N-dealkylation sites (tertiary alicyclic amines) is 1. The van der Waals surface area contributed by atoms with Crippen LogP contribution in [0.5, 0.6) is 0 Å². The maximum atomic E-state index is 12.1. The molecule has 1 aromatic heterocycles. The Morgan fingerprint density at radius 3 is 2.52 bits per heavy atom. The van der Waals surface area contributed by atoms with Crippen LogP contribution in [0.3, 0.4) is 0 Å². The molecule has 1 aliphatic heterocycles. The molecule has 6 heteroatoms. The molecule has 1 saturated heterocycles. The molecule has 21 heavy (non-hydrogen) atoms. The number of rotatable bonds is 4. The minimum Gasteiger partial charge on any atom is -0.481 e. The number of carbonyl (C=O) groups excluding carboxylic acids is 1. The van der Waals surface area contributed by atoms with Crippen molar-refractivity contribution in [1.82, 2.24) is 10.2 Å². The molecule has 5 nitrogen and oxygen atoms in total. The van der Waals surface area contributed by atoms with Gasteiger partial charge >= 0.3 is 12.0 Å². The largest absolute Gasteiger partial charge is 0.481 e. The van der Waals surface area contributed by atoms with Crippen molar-refractivity contribution in [3.63, 3.8) is 0 Å². The van der Waals surface area contributed by atoms with Crippen molar-refractivity contribution < 1.29 is 14.7 Å². The van der Waals surface area contributed by atoms with E-state index in [4.69, 9.17) is 0 Å². The van der Waals surface area contributed by atoms with Gasteiger partial charge in [-0.3, -0.25) is 4.79 Å². The molecule has 116 valence electrons. The SMILES string of the molecule is CCC1(C(=O)O)CCN(C(=O)NCc2cscc2C)CC1. The van der Waals surface area contributed by atoms with Crippen molar-refractivity contribution >= 4 is 23.3 Å². The van der Waals surface area contributed by atoms with Crippen molar-refractivity contribution in [3.8, 4) is 0 Å². The smallest absolute Gasteiger partial charge is 0.317 e. The molecule has 1 aromatic rings. The van der Waals surface area contributed by atoms with E-state index in [1.165, 1.54) is 5.56 Å². The topological polar surface area (TPSA) is 69.6 Å². The van der Waals surface area contributed by atoms with E-state index in [9.17, 15) is 14.7 Å². The highest BCUT2D eigenvalue weighted by atomic mass is 32.1. The molecule has 2 heterocycles. The third kappa shape index (κ3) is 3.37. The Morgan fingerprint density at radius 1 is 1.38 bits per heavy atom. The minimum absolute atomic E-state index is 0.101. The Balaban J connectivity index is 1.86. The zero-order valence-electron chi connectivity index (χ0n) is 12.5. The van der Waals surface area contributed by atoms with Gasteiger partial charge in [-0.25, -0.2) is 4.79 Å². The monoisotopic (exact) mass is 310 g/mol. The van der Waals surface area contributed by atoms with E-state index >= 15 is 0 Å². The molecular weight excluding hydrogens is 288 g/mol. The molecule has 1 fully saturated rings. The predicted molar refractivity (Wildman–Crippen MR) is 82.5 cm³/mol. The molecule has 2 N–H and O–H groups in total. The number of carboxylic acids is 1. The molecule has 2 rings (SSSR count). The number of nitrogens with one attached hydrogen (secondary N) is 1. The van der Waals surface area contributed by atoms with Crippen molar-refractivity contribution in [3.05, 3.63) is 21.9 Å². The second-order valence-corrected chi connectivity index (χ2v) is 6.41. The summed E-state index contributed by atoms with van der Waals surface area (Å²) in [6.07, 6.45) is 1.68. The van der Waals surface area contributed by atoms with Gasteiger partial charge in [0.05, 0.1) is 5.41 Å². The lowest BCUT2D eigenvalue weighted by Gasteiger charge is -2.38. The van der Waals surface area contributed by atoms with Gasteiger partial charge < -0.3 is 15.3 Å². The van der Waals surface area contributed by atoms with Gasteiger partial charge in [-0.1, -0.05) is 6.92 Å². The summed E-state index contributed by atoms with van der Waals surface area (Å²) in [7, 11) is 0. The summed E-state index contributed by atoms with van der Waals surface area (Å²) in [4.78, 5) is 25.2. The van der Waals surface area contributed by atoms with Crippen LogP contribution in [0.1, 0.15) is 37.3 Å². The number of aliphatic carboxylic acids is 1. The fraction of sp³-hybridized carbons (Fsp3) is 0.600. The Bertz CT molecular complexity index is 519. The molecule has 0 saturated carbocycles. The van der Waals surface area contributed by atoms with E-state index in [-0.39, 0.29) is 6.03 Å². The van der Waals surface area contributed by atoms with Crippen molar-refractivity contribution in [2.75, 3.05) is 13.1 Å². The average molecular weight is 310 g/mol. The molecule has 1 aliphatic rings. The highest BCUT2D eigenvalue weighted by Gasteiger charge is 2.40. The lowest BCUT2D eigenvalue weighted by atomic mass is 9.76. The number of carbonyl (C=O) groups is 2. The van der Waals surface area contributed by atoms with Crippen molar-refractivity contribution in [2.45, 2.75) is 39.7 Å². The Hall–Kier alpha value is -1.56. The molecule has 0 unspecified atom stereocenters. The van der Waals surface area contributed by atoms with Gasteiger partial charge in [0.25, 0.3) is 0 Å². The fourth-order valence-electron chi connectivity index (χ4n) is 2.71. The Labute approximate surface area is 129 Å². The molecular formula is C15H22N2O3S. The summed E-state index contributed by atoms with van der Waals surface area (Å²) in [5, 5.41) is 16.4. The number of thiophene rings is 1. The summed E-state index contributed by atoms with van der Waals surface area (Å²) in [5.74, 6) is -0.737. The van der Waals surface area contributed by atoms with E-state index in [1.54, 1.807) is 16.2 Å². The summed E-state index contributed by atoms with van der Waals surface area (Å²) in [5.41, 5.74) is 1.68. The van der Waals surface area contributed by atoms with Gasteiger partial charge in [-0.2, -0.15) is 11.3 Å². The van der Waals surface area contributed by atoms with Gasteiger partial charge in [0.15, 0.2) is 0 Å². The Morgan fingerprint density at radius 2 is 2.05 bits per heavy atom. The second-order valence-electron chi connectivity index (χ2n) is 5.66.